The Morgan fingerprint density at radius 2 is 0.490 bits per heavy atom. The number of carbonyl (C=O) groups is 4. The number of amides is 4. The zero-order valence-electron chi connectivity index (χ0n) is 55.2. The lowest BCUT2D eigenvalue weighted by molar-refractivity contribution is 0.0501. The van der Waals surface area contributed by atoms with E-state index in [1.807, 2.05) is 24.3 Å². The van der Waals surface area contributed by atoms with Crippen molar-refractivity contribution < 1.29 is 19.2 Å². The van der Waals surface area contributed by atoms with E-state index < -0.39 is 35.7 Å². The maximum absolute atomic E-state index is 16.4. The van der Waals surface area contributed by atoms with Gasteiger partial charge in [-0.25, -0.2) is 0 Å². The lowest BCUT2D eigenvalue weighted by Gasteiger charge is -2.37. The molecular weight excluding hydrogens is 1180 g/mol. The lowest BCUT2D eigenvalue weighted by Crippen LogP contribution is -2.48. The Labute approximate surface area is 563 Å². The van der Waals surface area contributed by atoms with Crippen LogP contribution in [0.25, 0.3) is 43.1 Å². The lowest BCUT2D eigenvalue weighted by atomic mass is 9.77. The van der Waals surface area contributed by atoms with Gasteiger partial charge in [-0.2, -0.15) is 21.0 Å². The second-order valence-electron chi connectivity index (χ2n) is 25.3. The van der Waals surface area contributed by atoms with Crippen molar-refractivity contribution in [3.8, 4) is 71.6 Å². The summed E-state index contributed by atoms with van der Waals surface area (Å²) in [5.74, 6) is 25.3. The minimum atomic E-state index is -0.462. The van der Waals surface area contributed by atoms with E-state index in [1.54, 1.807) is 97.1 Å². The van der Waals surface area contributed by atoms with Crippen LogP contribution in [-0.2, 0) is 0 Å². The van der Waals surface area contributed by atoms with Gasteiger partial charge in [-0.3, -0.25) is 29.0 Å². The summed E-state index contributed by atoms with van der Waals surface area (Å²) in [5, 5.41) is 43.4. The normalized spacial score (nSPS) is 12.2. The van der Waals surface area contributed by atoms with Crippen LogP contribution in [0.1, 0.15) is 264 Å². The fourth-order valence-electron chi connectivity index (χ4n) is 13.8. The minimum absolute atomic E-state index is 0.250. The second-order valence-corrected chi connectivity index (χ2v) is 25.3. The van der Waals surface area contributed by atoms with Crippen molar-refractivity contribution >= 4 is 66.7 Å². The van der Waals surface area contributed by atoms with Gasteiger partial charge >= 0.3 is 0 Å². The Balaban J connectivity index is 1.31. The number of nitrogens with zero attached hydrogens (tertiary/aromatic N) is 6. The molecular formula is C86H74N6O4. The first-order valence-corrected chi connectivity index (χ1v) is 34.2. The molecule has 0 bridgehead atoms. The van der Waals surface area contributed by atoms with E-state index in [0.717, 1.165) is 103 Å². The van der Waals surface area contributed by atoms with Crippen LogP contribution in [0.3, 0.4) is 0 Å². The smallest absolute Gasteiger partial charge is 0.262 e. The molecule has 10 nitrogen and oxygen atoms in total. The Kier molecular flexibility index (Phi) is 21.2. The molecule has 2 aliphatic rings. The molecule has 0 aromatic heterocycles. The van der Waals surface area contributed by atoms with Crippen LogP contribution in [0, 0.1) is 92.7 Å². The molecule has 472 valence electrons. The number of fused-ring (bicyclic) bond motifs is 2. The highest BCUT2D eigenvalue weighted by molar-refractivity contribution is 6.43. The quantitative estimate of drug-likeness (QED) is 0.0212. The highest BCUT2D eigenvalue weighted by atomic mass is 16.2. The number of benzene rings is 9. The van der Waals surface area contributed by atoms with Gasteiger partial charge in [-0.15, -0.1) is 0 Å². The van der Waals surface area contributed by atoms with Gasteiger partial charge in [0.1, 0.15) is 0 Å². The van der Waals surface area contributed by atoms with Crippen molar-refractivity contribution in [3.63, 3.8) is 0 Å². The van der Waals surface area contributed by atoms with Crippen molar-refractivity contribution in [2.24, 2.45) is 0 Å². The molecule has 0 atom stereocenters. The number of hydrogen-bond acceptors (Lipinski definition) is 8. The van der Waals surface area contributed by atoms with Gasteiger partial charge < -0.3 is 0 Å². The van der Waals surface area contributed by atoms with Gasteiger partial charge in [0.25, 0.3) is 23.6 Å². The van der Waals surface area contributed by atoms with E-state index in [2.05, 4.69) is 99.3 Å². The maximum Gasteiger partial charge on any atom is 0.262 e. The average Bonchev–Trinajstić information content (AvgIpc) is 0.678. The number of unbranched alkanes of at least 4 members (excludes halogenated alkanes) is 12. The molecule has 4 amide bonds. The number of imide groups is 2. The first-order valence-electron chi connectivity index (χ1n) is 34.2. The molecule has 0 radical (unpaired) electrons. The molecule has 0 fully saturated rings. The predicted molar refractivity (Wildman–Crippen MR) is 380 cm³/mol. The van der Waals surface area contributed by atoms with E-state index in [1.165, 1.54) is 9.80 Å². The largest absolute Gasteiger partial charge is 0.271 e. The summed E-state index contributed by atoms with van der Waals surface area (Å²) >= 11 is 0. The number of carbonyl (C=O) groups excluding carboxylic acids is 4. The molecule has 0 spiro atoms. The molecule has 0 N–H and O–H groups in total. The molecule has 10 heteroatoms. The van der Waals surface area contributed by atoms with Crippen LogP contribution in [0.2, 0.25) is 0 Å². The fourth-order valence-corrected chi connectivity index (χ4v) is 13.8. The van der Waals surface area contributed by atoms with Crippen LogP contribution in [0.5, 0.6) is 0 Å². The van der Waals surface area contributed by atoms with Crippen LogP contribution < -0.4 is 0 Å². The summed E-state index contributed by atoms with van der Waals surface area (Å²) in [7, 11) is 0. The van der Waals surface area contributed by atoms with Gasteiger partial charge in [0.15, 0.2) is 0 Å². The molecule has 11 rings (SSSR count). The van der Waals surface area contributed by atoms with E-state index in [-0.39, 0.29) is 22.3 Å². The zero-order valence-corrected chi connectivity index (χ0v) is 55.2. The summed E-state index contributed by atoms with van der Waals surface area (Å²) in [6.07, 6.45) is 17.7. The van der Waals surface area contributed by atoms with Crippen molar-refractivity contribution in [1.29, 1.82) is 21.0 Å². The summed E-state index contributed by atoms with van der Waals surface area (Å²) in [6.45, 7) is 8.64. The fraction of sp³-hybridized carbons (Fsp3) is 0.302. The number of nitriles is 4. The van der Waals surface area contributed by atoms with Gasteiger partial charge in [0.2, 0.25) is 0 Å². The zero-order chi connectivity index (χ0) is 67.2. The van der Waals surface area contributed by atoms with Crippen molar-refractivity contribution in [1.82, 2.24) is 9.80 Å². The predicted octanol–water partition coefficient (Wildman–Crippen LogP) is 18.6. The molecule has 0 saturated heterocycles. The van der Waals surface area contributed by atoms with Gasteiger partial charge in [0.05, 0.1) is 68.8 Å². The summed E-state index contributed by atoms with van der Waals surface area (Å²) < 4.78 is 0. The molecule has 0 aliphatic carbocycles. The SMILES string of the molecule is CCCCCCC(CCCCCC)N1C(=O)c2c(C#Cc3ccc(C#N)cc3)cc3c4cc(C#Cc5ccc(C#N)cc5)c5c6c(c(C#Cc7ccc(C#N)cc7)cc(c7cc(C#Cc8ccc(C#N)cc8)c(c2c37)C1=O)c64)C(=O)N(C(CCCCCC)CCCCCC)C5=O. The van der Waals surface area contributed by atoms with E-state index in [9.17, 15) is 21.0 Å². The summed E-state index contributed by atoms with van der Waals surface area (Å²) in [6, 6.07) is 43.2. The van der Waals surface area contributed by atoms with E-state index >= 15 is 19.2 Å². The van der Waals surface area contributed by atoms with Crippen LogP contribution in [0.15, 0.2) is 121 Å². The van der Waals surface area contributed by atoms with Gasteiger partial charge in [0, 0.05) is 67.4 Å². The second kappa shape index (κ2) is 30.7. The molecule has 0 saturated carbocycles. The third kappa shape index (κ3) is 13.7. The Morgan fingerprint density at radius 3 is 0.688 bits per heavy atom. The Hall–Kier alpha value is -11.2. The van der Waals surface area contributed by atoms with Crippen molar-refractivity contribution in [2.45, 2.75) is 168 Å². The first kappa shape index (κ1) is 66.2. The molecule has 0 unspecified atom stereocenters. The first-order chi connectivity index (χ1) is 47.0. The summed E-state index contributed by atoms with van der Waals surface area (Å²) in [4.78, 5) is 68.5. The molecule has 9 aromatic carbocycles. The molecule has 2 heterocycles. The number of hydrogen-bond donors (Lipinski definition) is 0. The van der Waals surface area contributed by atoms with Crippen molar-refractivity contribution in [3.05, 3.63) is 210 Å². The monoisotopic (exact) mass is 1250 g/mol. The summed E-state index contributed by atoms with van der Waals surface area (Å²) in [5.41, 5.74) is 6.59. The van der Waals surface area contributed by atoms with Crippen LogP contribution in [0.4, 0.5) is 0 Å². The third-order valence-corrected chi connectivity index (χ3v) is 18.8. The highest BCUT2D eigenvalue weighted by Crippen LogP contribution is 2.50. The molecule has 96 heavy (non-hydrogen) atoms. The highest BCUT2D eigenvalue weighted by Gasteiger charge is 2.44. The van der Waals surface area contributed by atoms with Crippen molar-refractivity contribution in [2.75, 3.05) is 0 Å². The molecule has 2 aliphatic heterocycles. The standard InChI is InChI=1S/C86H74N6O4/c1-5-9-13-17-21-69(22-18-14-10-6-2)91-83(93)75-65(45-41-57-25-33-61(53-87)34-26-57)49-71-73-51-67(47-43-59-29-37-63(55-89)38-30-59)77-82-78(86(96)92(85(77)95)70(23-19-15-11-7-3)24-20-16-12-8-4)68(48-44-60-31-39-64(56-90)40-32-60)52-74(80(73)82)72-50-66(76(84(91)94)81(75)79(71)72)46-42-58-27-35-62(54-88)36-28-58/h25-40,49-52,69-70H,5-24H2,1-4H3. The maximum atomic E-state index is 16.4. The van der Waals surface area contributed by atoms with Gasteiger partial charge in [-0.1, -0.05) is 178 Å². The minimum Gasteiger partial charge on any atom is -0.271 e. The van der Waals surface area contributed by atoms with Crippen LogP contribution >= 0.6 is 0 Å². The topological polar surface area (TPSA) is 170 Å². The van der Waals surface area contributed by atoms with Crippen LogP contribution in [-0.4, -0.2) is 45.5 Å². The van der Waals surface area contributed by atoms with E-state index in [4.69, 9.17) is 0 Å². The molecule has 9 aromatic rings. The average molecular weight is 1260 g/mol. The van der Waals surface area contributed by atoms with E-state index in [0.29, 0.717) is 136 Å². The number of rotatable bonds is 22. The Bertz CT molecular complexity index is 4360. The third-order valence-electron chi connectivity index (χ3n) is 18.8. The Morgan fingerprint density at radius 1 is 0.281 bits per heavy atom. The van der Waals surface area contributed by atoms with Gasteiger partial charge in [-0.05, 0) is 179 Å².